The average Bonchev–Trinajstić information content (AvgIpc) is 2.41. The van der Waals surface area contributed by atoms with Gasteiger partial charge in [0.1, 0.15) is 10.8 Å². The molecule has 0 aromatic heterocycles. The maximum Gasteiger partial charge on any atom is 0.188 e. The van der Waals surface area contributed by atoms with Gasteiger partial charge in [-0.25, -0.2) is 0 Å². The normalized spacial score (nSPS) is 18.7. The molecular weight excluding hydrogens is 268 g/mol. The van der Waals surface area contributed by atoms with E-state index in [-0.39, 0.29) is 17.6 Å². The van der Waals surface area contributed by atoms with Gasteiger partial charge in [0.25, 0.3) is 0 Å². The molecule has 0 aliphatic carbocycles. The van der Waals surface area contributed by atoms with Gasteiger partial charge in [-0.2, -0.15) is 5.10 Å². The van der Waals surface area contributed by atoms with Gasteiger partial charge >= 0.3 is 0 Å². The fourth-order valence-corrected chi connectivity index (χ4v) is 2.22. The minimum Gasteiger partial charge on any atom is -0.506 e. The lowest BCUT2D eigenvalue weighted by Crippen LogP contribution is -2.27. The van der Waals surface area contributed by atoms with Crippen molar-refractivity contribution < 1.29 is 14.6 Å². The van der Waals surface area contributed by atoms with Crippen molar-refractivity contribution in [2.45, 2.75) is 13.3 Å². The summed E-state index contributed by atoms with van der Waals surface area (Å²) in [5.41, 5.74) is 4.63. The van der Waals surface area contributed by atoms with Crippen LogP contribution in [0, 0.1) is 5.92 Å². The summed E-state index contributed by atoms with van der Waals surface area (Å²) < 4.78 is 10.4. The molecule has 1 aliphatic rings. The summed E-state index contributed by atoms with van der Waals surface area (Å²) >= 11 is 6.10. The predicted molar refractivity (Wildman–Crippen MR) is 73.9 cm³/mol. The van der Waals surface area contributed by atoms with Crippen LogP contribution < -0.4 is 10.2 Å². The van der Waals surface area contributed by atoms with Crippen LogP contribution in [-0.2, 0) is 4.74 Å². The zero-order valence-electron chi connectivity index (χ0n) is 10.9. The number of aromatic hydroxyl groups is 1. The first-order valence-electron chi connectivity index (χ1n) is 6.09. The second-order valence-corrected chi connectivity index (χ2v) is 4.80. The molecule has 5 nitrogen and oxygen atoms in total. The third-order valence-corrected chi connectivity index (χ3v) is 3.39. The summed E-state index contributed by atoms with van der Waals surface area (Å²) in [4.78, 5) is 0. The Bertz CT molecular complexity index is 491. The molecule has 0 amide bonds. The van der Waals surface area contributed by atoms with Gasteiger partial charge in [0.05, 0.1) is 5.71 Å². The molecule has 1 aromatic carbocycles. The molecular formula is C13H17ClN2O3. The van der Waals surface area contributed by atoms with Crippen LogP contribution in [0.2, 0.25) is 5.02 Å². The quantitative estimate of drug-likeness (QED) is 0.833. The first-order chi connectivity index (χ1) is 9.15. The van der Waals surface area contributed by atoms with Gasteiger partial charge in [-0.3, -0.25) is 0 Å². The Morgan fingerprint density at radius 3 is 3.00 bits per heavy atom. The van der Waals surface area contributed by atoms with Gasteiger partial charge in [-0.1, -0.05) is 18.5 Å². The van der Waals surface area contributed by atoms with Crippen LogP contribution in [0.15, 0.2) is 17.2 Å². The number of nitrogens with one attached hydrogen (secondary N) is 1. The summed E-state index contributed by atoms with van der Waals surface area (Å²) in [5, 5.41) is 14.2. The van der Waals surface area contributed by atoms with E-state index >= 15 is 0 Å². The van der Waals surface area contributed by atoms with Crippen LogP contribution in [-0.4, -0.2) is 31.3 Å². The Labute approximate surface area is 117 Å². The molecule has 0 spiro atoms. The predicted octanol–water partition coefficient (Wildman–Crippen LogP) is 2.36. The van der Waals surface area contributed by atoms with Crippen molar-refractivity contribution in [1.82, 2.24) is 5.43 Å². The second kappa shape index (κ2) is 6.12. The largest absolute Gasteiger partial charge is 0.506 e. The first kappa shape index (κ1) is 14.0. The molecule has 2 rings (SSSR count). The van der Waals surface area contributed by atoms with Crippen LogP contribution in [0.5, 0.6) is 11.5 Å². The Kier molecular flexibility index (Phi) is 4.50. The second-order valence-electron chi connectivity index (χ2n) is 4.42. The molecule has 1 aliphatic heterocycles. The highest BCUT2D eigenvalue weighted by Crippen LogP contribution is 2.38. The third kappa shape index (κ3) is 2.93. The lowest BCUT2D eigenvalue weighted by Gasteiger charge is -2.22. The van der Waals surface area contributed by atoms with Crippen molar-refractivity contribution in [3.05, 3.63) is 22.7 Å². The molecule has 0 fully saturated rings. The number of phenolic OH excluding ortho intramolecular Hbond substituents is 1. The smallest absolute Gasteiger partial charge is 0.188 e. The minimum atomic E-state index is -0.0199. The van der Waals surface area contributed by atoms with E-state index in [4.69, 9.17) is 21.1 Å². The topological polar surface area (TPSA) is 63.1 Å². The zero-order chi connectivity index (χ0) is 13.8. The molecule has 1 unspecified atom stereocenters. The van der Waals surface area contributed by atoms with E-state index in [0.717, 1.165) is 24.2 Å². The molecule has 19 heavy (non-hydrogen) atoms. The molecule has 6 heteroatoms. The van der Waals surface area contributed by atoms with Crippen molar-refractivity contribution in [2.24, 2.45) is 11.0 Å². The number of phenols is 1. The molecule has 0 saturated carbocycles. The lowest BCUT2D eigenvalue weighted by molar-refractivity contribution is 0.0509. The summed E-state index contributed by atoms with van der Waals surface area (Å²) in [6.45, 7) is 3.01. The Morgan fingerprint density at radius 1 is 1.53 bits per heavy atom. The van der Waals surface area contributed by atoms with E-state index in [9.17, 15) is 5.11 Å². The standard InChI is InChI=1S/C13H17ClN2O3/c1-8-5-6-15-16-12(8)9-3-4-10(17)11(14)13(9)19-7-18-2/h3-4,8,15,17H,5-7H2,1-2H3. The van der Waals surface area contributed by atoms with Crippen molar-refractivity contribution >= 4 is 17.3 Å². The van der Waals surface area contributed by atoms with Crippen LogP contribution in [0.3, 0.4) is 0 Å². The highest BCUT2D eigenvalue weighted by atomic mass is 35.5. The number of methoxy groups -OCH3 is 1. The van der Waals surface area contributed by atoms with E-state index in [1.165, 1.54) is 7.11 Å². The Hall–Kier alpha value is -1.46. The minimum absolute atomic E-state index is 0.0199. The number of benzene rings is 1. The van der Waals surface area contributed by atoms with E-state index in [2.05, 4.69) is 17.5 Å². The van der Waals surface area contributed by atoms with Crippen LogP contribution in [0.25, 0.3) is 0 Å². The van der Waals surface area contributed by atoms with Gasteiger partial charge in [0, 0.05) is 25.1 Å². The van der Waals surface area contributed by atoms with Crippen LogP contribution >= 0.6 is 11.6 Å². The van der Waals surface area contributed by atoms with Gasteiger partial charge in [-0.05, 0) is 18.6 Å². The average molecular weight is 285 g/mol. The van der Waals surface area contributed by atoms with E-state index in [0.29, 0.717) is 11.7 Å². The number of ether oxygens (including phenoxy) is 2. The summed E-state index contributed by atoms with van der Waals surface area (Å²) in [6, 6.07) is 3.30. The van der Waals surface area contributed by atoms with E-state index in [1.54, 1.807) is 12.1 Å². The number of nitrogens with zero attached hydrogens (tertiary/aromatic N) is 1. The fraction of sp³-hybridized carbons (Fsp3) is 0.462. The molecule has 1 heterocycles. The summed E-state index contributed by atoms with van der Waals surface area (Å²) in [6.07, 6.45) is 0.987. The molecule has 2 N–H and O–H groups in total. The molecule has 104 valence electrons. The maximum atomic E-state index is 9.68. The zero-order valence-corrected chi connectivity index (χ0v) is 11.7. The van der Waals surface area contributed by atoms with Gasteiger partial charge < -0.3 is 20.0 Å². The number of hydrogen-bond acceptors (Lipinski definition) is 5. The van der Waals surface area contributed by atoms with E-state index < -0.39 is 0 Å². The SMILES string of the molecule is COCOc1c(C2=NNCCC2C)ccc(O)c1Cl. The Morgan fingerprint density at radius 2 is 2.32 bits per heavy atom. The molecule has 0 bridgehead atoms. The Balaban J connectivity index is 2.44. The molecule has 1 aromatic rings. The highest BCUT2D eigenvalue weighted by Gasteiger charge is 2.23. The third-order valence-electron chi connectivity index (χ3n) is 3.03. The lowest BCUT2D eigenvalue weighted by atomic mass is 9.94. The number of halogens is 1. The van der Waals surface area contributed by atoms with Crippen molar-refractivity contribution in [3.63, 3.8) is 0 Å². The monoisotopic (exact) mass is 284 g/mol. The van der Waals surface area contributed by atoms with Gasteiger partial charge in [0.2, 0.25) is 0 Å². The van der Waals surface area contributed by atoms with Gasteiger partial charge in [-0.15, -0.1) is 0 Å². The highest BCUT2D eigenvalue weighted by molar-refractivity contribution is 6.34. The van der Waals surface area contributed by atoms with E-state index in [1.807, 2.05) is 0 Å². The van der Waals surface area contributed by atoms with Crippen LogP contribution in [0.1, 0.15) is 18.9 Å². The first-order valence-corrected chi connectivity index (χ1v) is 6.47. The fourth-order valence-electron chi connectivity index (χ4n) is 2.00. The molecule has 0 radical (unpaired) electrons. The molecule has 0 saturated heterocycles. The maximum absolute atomic E-state index is 9.68. The van der Waals surface area contributed by atoms with Crippen molar-refractivity contribution in [2.75, 3.05) is 20.4 Å². The molecule has 1 atom stereocenters. The van der Waals surface area contributed by atoms with Crippen molar-refractivity contribution in [3.8, 4) is 11.5 Å². The summed E-state index contributed by atoms with van der Waals surface area (Å²) in [7, 11) is 1.53. The number of hydrazone groups is 1. The van der Waals surface area contributed by atoms with Crippen molar-refractivity contribution in [1.29, 1.82) is 0 Å². The van der Waals surface area contributed by atoms with Crippen LogP contribution in [0.4, 0.5) is 0 Å². The number of rotatable bonds is 4. The van der Waals surface area contributed by atoms with Gasteiger partial charge in [0.15, 0.2) is 12.5 Å². The number of hydrogen-bond donors (Lipinski definition) is 2. The summed E-state index contributed by atoms with van der Waals surface area (Å²) in [5.74, 6) is 0.679.